The van der Waals surface area contributed by atoms with E-state index in [1.807, 2.05) is 0 Å². The largest absolute Gasteiger partial charge is 0.448 e. The van der Waals surface area contributed by atoms with E-state index in [1.165, 1.54) is 0 Å². The molecule has 0 bridgehead atoms. The lowest BCUT2D eigenvalue weighted by Crippen LogP contribution is -1.96. The second-order valence-electron chi connectivity index (χ2n) is 3.51. The van der Waals surface area contributed by atoms with Gasteiger partial charge in [0.25, 0.3) is 0 Å². The molecular formula is C12H6Cl2FNO3. The van der Waals surface area contributed by atoms with Gasteiger partial charge in [-0.15, -0.1) is 0 Å². The van der Waals surface area contributed by atoms with Crippen LogP contribution in [0, 0.1) is 15.9 Å². The second-order valence-corrected chi connectivity index (χ2v) is 4.29. The highest BCUT2D eigenvalue weighted by molar-refractivity contribution is 6.36. The summed E-state index contributed by atoms with van der Waals surface area (Å²) in [6.45, 7) is 0. The molecule has 2 aromatic carbocycles. The van der Waals surface area contributed by atoms with Crippen molar-refractivity contribution >= 4 is 28.9 Å². The maximum absolute atomic E-state index is 13.6. The van der Waals surface area contributed by atoms with E-state index >= 15 is 0 Å². The monoisotopic (exact) mass is 301 g/mol. The van der Waals surface area contributed by atoms with Gasteiger partial charge >= 0.3 is 5.69 Å². The standard InChI is InChI=1S/C12H6Cl2FNO3/c13-8-6-9(16(17)18)12(10(14)11(8)15)19-7-4-2-1-3-5-7/h1-6H. The summed E-state index contributed by atoms with van der Waals surface area (Å²) in [6.07, 6.45) is 0. The van der Waals surface area contributed by atoms with Crippen LogP contribution in [0.3, 0.4) is 0 Å². The number of rotatable bonds is 3. The number of nitro groups is 1. The van der Waals surface area contributed by atoms with Crippen LogP contribution in [0.2, 0.25) is 10.0 Å². The summed E-state index contributed by atoms with van der Waals surface area (Å²) in [5.74, 6) is -1.03. The maximum atomic E-state index is 13.6. The van der Waals surface area contributed by atoms with Crippen molar-refractivity contribution in [1.82, 2.24) is 0 Å². The number of nitro benzene ring substituents is 1. The molecule has 0 fully saturated rings. The van der Waals surface area contributed by atoms with Gasteiger partial charge in [0.1, 0.15) is 10.8 Å². The lowest BCUT2D eigenvalue weighted by Gasteiger charge is -2.09. The Bertz CT molecular complexity index is 635. The van der Waals surface area contributed by atoms with Gasteiger partial charge in [0.15, 0.2) is 5.82 Å². The summed E-state index contributed by atoms with van der Waals surface area (Å²) < 4.78 is 18.8. The third kappa shape index (κ3) is 2.77. The Hall–Kier alpha value is -1.85. The van der Waals surface area contributed by atoms with Gasteiger partial charge < -0.3 is 4.74 Å². The molecule has 2 rings (SSSR count). The summed E-state index contributed by atoms with van der Waals surface area (Å²) in [4.78, 5) is 10.2. The van der Waals surface area contributed by atoms with Gasteiger partial charge in [-0.25, -0.2) is 4.39 Å². The fourth-order valence-electron chi connectivity index (χ4n) is 1.40. The minimum atomic E-state index is -0.958. The zero-order chi connectivity index (χ0) is 14.0. The summed E-state index contributed by atoms with van der Waals surface area (Å²) in [6, 6.07) is 9.06. The van der Waals surface area contributed by atoms with Crippen LogP contribution in [0.1, 0.15) is 0 Å². The van der Waals surface area contributed by atoms with Crippen molar-refractivity contribution in [3.8, 4) is 11.5 Å². The Balaban J connectivity index is 2.55. The van der Waals surface area contributed by atoms with Crippen LogP contribution in [0.25, 0.3) is 0 Å². The van der Waals surface area contributed by atoms with Gasteiger partial charge in [0, 0.05) is 6.07 Å². The molecule has 19 heavy (non-hydrogen) atoms. The Kier molecular flexibility index (Phi) is 3.87. The first-order valence-corrected chi connectivity index (χ1v) is 5.81. The third-order valence-electron chi connectivity index (χ3n) is 2.26. The highest BCUT2D eigenvalue weighted by Crippen LogP contribution is 2.42. The van der Waals surface area contributed by atoms with E-state index in [9.17, 15) is 14.5 Å². The van der Waals surface area contributed by atoms with Crippen molar-refractivity contribution < 1.29 is 14.1 Å². The van der Waals surface area contributed by atoms with E-state index in [0.717, 1.165) is 6.07 Å². The van der Waals surface area contributed by atoms with Crippen molar-refractivity contribution in [2.75, 3.05) is 0 Å². The minimum absolute atomic E-state index is 0.300. The zero-order valence-corrected chi connectivity index (χ0v) is 10.8. The molecule has 0 unspecified atom stereocenters. The van der Waals surface area contributed by atoms with E-state index in [1.54, 1.807) is 30.3 Å². The quantitative estimate of drug-likeness (QED) is 0.463. The summed E-state index contributed by atoms with van der Waals surface area (Å²) in [5, 5.41) is 9.96. The smallest absolute Gasteiger partial charge is 0.314 e. The normalized spacial score (nSPS) is 10.3. The van der Waals surface area contributed by atoms with Crippen molar-refractivity contribution in [1.29, 1.82) is 0 Å². The lowest BCUT2D eigenvalue weighted by molar-refractivity contribution is -0.385. The molecule has 0 saturated heterocycles. The molecule has 0 radical (unpaired) electrons. The van der Waals surface area contributed by atoms with Gasteiger partial charge in [-0.1, -0.05) is 41.4 Å². The van der Waals surface area contributed by atoms with Crippen LogP contribution in [-0.2, 0) is 0 Å². The Morgan fingerprint density at radius 3 is 2.42 bits per heavy atom. The summed E-state index contributed by atoms with van der Waals surface area (Å²) in [7, 11) is 0. The molecule has 2 aromatic rings. The van der Waals surface area contributed by atoms with Gasteiger partial charge in [0.2, 0.25) is 5.75 Å². The summed E-state index contributed by atoms with van der Waals surface area (Å²) >= 11 is 11.2. The van der Waals surface area contributed by atoms with Crippen LogP contribution in [0.4, 0.5) is 10.1 Å². The van der Waals surface area contributed by atoms with Gasteiger partial charge in [-0.3, -0.25) is 10.1 Å². The van der Waals surface area contributed by atoms with Crippen LogP contribution in [0.15, 0.2) is 36.4 Å². The van der Waals surface area contributed by atoms with Crippen molar-refractivity contribution in [3.63, 3.8) is 0 Å². The molecule has 0 amide bonds. The molecule has 0 heterocycles. The molecular weight excluding hydrogens is 296 g/mol. The fraction of sp³-hybridized carbons (Fsp3) is 0. The highest BCUT2D eigenvalue weighted by Gasteiger charge is 2.25. The first kappa shape index (κ1) is 13.6. The first-order chi connectivity index (χ1) is 9.00. The zero-order valence-electron chi connectivity index (χ0n) is 9.27. The van der Waals surface area contributed by atoms with Crippen molar-refractivity contribution in [2.24, 2.45) is 0 Å². The lowest BCUT2D eigenvalue weighted by atomic mass is 10.2. The highest BCUT2D eigenvalue weighted by atomic mass is 35.5. The van der Waals surface area contributed by atoms with Gasteiger partial charge in [-0.05, 0) is 12.1 Å². The minimum Gasteiger partial charge on any atom is -0.448 e. The molecule has 0 spiro atoms. The maximum Gasteiger partial charge on any atom is 0.314 e. The van der Waals surface area contributed by atoms with Crippen LogP contribution >= 0.6 is 23.2 Å². The van der Waals surface area contributed by atoms with E-state index in [4.69, 9.17) is 27.9 Å². The topological polar surface area (TPSA) is 52.4 Å². The SMILES string of the molecule is O=[N+]([O-])c1cc(Cl)c(F)c(Cl)c1Oc1ccccc1. The predicted molar refractivity (Wildman–Crippen MR) is 69.6 cm³/mol. The van der Waals surface area contributed by atoms with E-state index in [0.29, 0.717) is 5.75 Å². The fourth-order valence-corrected chi connectivity index (χ4v) is 1.89. The number of para-hydroxylation sites is 1. The van der Waals surface area contributed by atoms with Gasteiger partial charge in [-0.2, -0.15) is 0 Å². The molecule has 7 heteroatoms. The molecule has 0 aromatic heterocycles. The first-order valence-electron chi connectivity index (χ1n) is 5.05. The van der Waals surface area contributed by atoms with Crippen LogP contribution in [-0.4, -0.2) is 4.92 Å². The third-order valence-corrected chi connectivity index (χ3v) is 2.87. The number of halogens is 3. The van der Waals surface area contributed by atoms with Gasteiger partial charge in [0.05, 0.1) is 9.95 Å². The Morgan fingerprint density at radius 1 is 1.21 bits per heavy atom. The predicted octanol–water partition coefficient (Wildman–Crippen LogP) is 4.83. The average molecular weight is 302 g/mol. The second kappa shape index (κ2) is 5.42. The van der Waals surface area contributed by atoms with Crippen molar-refractivity contribution in [2.45, 2.75) is 0 Å². The summed E-state index contributed by atoms with van der Waals surface area (Å²) in [5.41, 5.74) is -0.500. The molecule has 0 aliphatic heterocycles. The molecule has 0 atom stereocenters. The number of benzene rings is 2. The molecule has 4 nitrogen and oxygen atoms in total. The molecule has 0 saturated carbocycles. The number of hydrogen-bond donors (Lipinski definition) is 0. The van der Waals surface area contributed by atoms with Crippen molar-refractivity contribution in [3.05, 3.63) is 62.4 Å². The number of hydrogen-bond acceptors (Lipinski definition) is 3. The number of ether oxygens (including phenoxy) is 1. The molecule has 98 valence electrons. The van der Waals surface area contributed by atoms with Crippen LogP contribution < -0.4 is 4.74 Å². The van der Waals surface area contributed by atoms with E-state index in [-0.39, 0.29) is 5.75 Å². The molecule has 0 aliphatic carbocycles. The van der Waals surface area contributed by atoms with E-state index in [2.05, 4.69) is 0 Å². The Morgan fingerprint density at radius 2 is 1.84 bits per heavy atom. The molecule has 0 aliphatic rings. The molecule has 0 N–H and O–H groups in total. The Labute approximate surface area is 117 Å². The van der Waals surface area contributed by atoms with E-state index < -0.39 is 26.5 Å². The van der Waals surface area contributed by atoms with Crippen LogP contribution in [0.5, 0.6) is 11.5 Å². The average Bonchev–Trinajstić information content (AvgIpc) is 2.40. The number of nitrogens with zero attached hydrogens (tertiary/aromatic N) is 1.